The summed E-state index contributed by atoms with van der Waals surface area (Å²) in [5.74, 6) is 0.607. The molecule has 118 valence electrons. The van der Waals surface area contributed by atoms with Crippen molar-refractivity contribution in [1.29, 1.82) is 0 Å². The van der Waals surface area contributed by atoms with E-state index in [9.17, 15) is 0 Å². The van der Waals surface area contributed by atoms with Gasteiger partial charge < -0.3 is 4.42 Å². The predicted octanol–water partition coefficient (Wildman–Crippen LogP) is 4.40. The van der Waals surface area contributed by atoms with Crippen molar-refractivity contribution in [1.82, 2.24) is 14.7 Å². The fraction of sp³-hybridized carbons (Fsp3) is 0.529. The van der Waals surface area contributed by atoms with Gasteiger partial charge in [0.25, 0.3) is 4.84 Å². The molecule has 1 aromatic carbocycles. The van der Waals surface area contributed by atoms with Gasteiger partial charge in [0.2, 0.25) is 5.89 Å². The highest BCUT2D eigenvalue weighted by Crippen LogP contribution is 2.22. The summed E-state index contributed by atoms with van der Waals surface area (Å²) in [7, 11) is 0. The first-order chi connectivity index (χ1) is 10.7. The van der Waals surface area contributed by atoms with Gasteiger partial charge in [-0.1, -0.05) is 31.0 Å². The lowest BCUT2D eigenvalue weighted by Gasteiger charge is -2.34. The lowest BCUT2D eigenvalue weighted by molar-refractivity contribution is 0.0994. The molecule has 5 heteroatoms. The van der Waals surface area contributed by atoms with E-state index in [-0.39, 0.29) is 0 Å². The van der Waals surface area contributed by atoms with Gasteiger partial charge in [-0.15, -0.1) is 5.10 Å². The molecule has 1 atom stereocenters. The summed E-state index contributed by atoms with van der Waals surface area (Å²) < 4.78 is 7.51. The first-order valence-electron chi connectivity index (χ1n) is 8.06. The van der Waals surface area contributed by atoms with Gasteiger partial charge in [-0.25, -0.2) is 4.68 Å². The number of rotatable bonds is 4. The Morgan fingerprint density at radius 1 is 1.27 bits per heavy atom. The van der Waals surface area contributed by atoms with E-state index >= 15 is 0 Å². The van der Waals surface area contributed by atoms with Crippen LogP contribution in [0.15, 0.2) is 28.7 Å². The number of aromatic nitrogens is 2. The minimum atomic E-state index is 0.455. The quantitative estimate of drug-likeness (QED) is 0.783. The molecule has 1 aromatic heterocycles. The number of aryl methyl sites for hydroxylation is 1. The van der Waals surface area contributed by atoms with Crippen LogP contribution in [0, 0.1) is 11.8 Å². The molecule has 0 aliphatic carbocycles. The number of hydrogen-bond acceptors (Lipinski definition) is 4. The zero-order chi connectivity index (χ0) is 15.5. The molecule has 0 bridgehead atoms. The molecule has 2 aromatic rings. The Morgan fingerprint density at radius 2 is 2.05 bits per heavy atom. The number of nitrogens with zero attached hydrogens (tertiary/aromatic N) is 3. The number of piperidine rings is 1. The van der Waals surface area contributed by atoms with Gasteiger partial charge in [-0.3, -0.25) is 4.90 Å². The van der Waals surface area contributed by atoms with Crippen molar-refractivity contribution in [3.05, 3.63) is 34.7 Å². The molecular weight excluding hydrogens is 294 g/mol. The van der Waals surface area contributed by atoms with Gasteiger partial charge in [-0.05, 0) is 50.5 Å². The fourth-order valence-corrected chi connectivity index (χ4v) is 3.27. The van der Waals surface area contributed by atoms with E-state index < -0.39 is 0 Å². The van der Waals surface area contributed by atoms with Crippen LogP contribution in [0.4, 0.5) is 0 Å². The molecule has 0 unspecified atom stereocenters. The predicted molar refractivity (Wildman–Crippen MR) is 90.1 cm³/mol. The van der Waals surface area contributed by atoms with E-state index in [1.54, 1.807) is 0 Å². The summed E-state index contributed by atoms with van der Waals surface area (Å²) >= 11 is 5.35. The highest BCUT2D eigenvalue weighted by molar-refractivity contribution is 7.71. The van der Waals surface area contributed by atoms with E-state index in [4.69, 9.17) is 16.6 Å². The van der Waals surface area contributed by atoms with Crippen molar-refractivity contribution < 1.29 is 4.42 Å². The van der Waals surface area contributed by atoms with Crippen LogP contribution >= 0.6 is 12.2 Å². The Hall–Kier alpha value is -1.46. The second-order valence-corrected chi connectivity index (χ2v) is 6.40. The highest BCUT2D eigenvalue weighted by Gasteiger charge is 2.22. The first kappa shape index (κ1) is 15.4. The molecular formula is C17H23N3OS. The number of likely N-dealkylation sites (tertiary alicyclic amines) is 1. The summed E-state index contributed by atoms with van der Waals surface area (Å²) in [5, 5.41) is 4.58. The van der Waals surface area contributed by atoms with Crippen LogP contribution in [-0.2, 0) is 6.67 Å². The van der Waals surface area contributed by atoms with Crippen LogP contribution in [0.2, 0.25) is 0 Å². The Morgan fingerprint density at radius 3 is 2.77 bits per heavy atom. The van der Waals surface area contributed by atoms with Crippen LogP contribution in [0.5, 0.6) is 0 Å². The lowest BCUT2D eigenvalue weighted by Crippen LogP contribution is -2.40. The van der Waals surface area contributed by atoms with E-state index in [1.165, 1.54) is 31.2 Å². The molecule has 1 fully saturated rings. The summed E-state index contributed by atoms with van der Waals surface area (Å²) in [6, 6.07) is 8.80. The van der Waals surface area contributed by atoms with Gasteiger partial charge in [0.05, 0.1) is 6.67 Å². The Labute approximate surface area is 136 Å². The van der Waals surface area contributed by atoms with Crippen molar-refractivity contribution in [3.8, 4) is 11.5 Å². The summed E-state index contributed by atoms with van der Waals surface area (Å²) in [6.45, 7) is 6.17. The first-order valence-corrected chi connectivity index (χ1v) is 8.47. The maximum absolute atomic E-state index is 5.69. The van der Waals surface area contributed by atoms with Gasteiger partial charge in [0, 0.05) is 18.2 Å². The molecule has 0 N–H and O–H groups in total. The average Bonchev–Trinajstić information content (AvgIpc) is 2.89. The summed E-state index contributed by atoms with van der Waals surface area (Å²) in [5.41, 5.74) is 2.20. The largest absolute Gasteiger partial charge is 0.409 e. The fourth-order valence-electron chi connectivity index (χ4n) is 3.09. The average molecular weight is 317 g/mol. The van der Waals surface area contributed by atoms with Crippen molar-refractivity contribution in [2.24, 2.45) is 0 Å². The monoisotopic (exact) mass is 317 g/mol. The van der Waals surface area contributed by atoms with Crippen LogP contribution in [0.3, 0.4) is 0 Å². The number of benzene rings is 1. The second-order valence-electron chi connectivity index (χ2n) is 6.05. The zero-order valence-electron chi connectivity index (χ0n) is 13.3. The molecule has 0 saturated carbocycles. The van der Waals surface area contributed by atoms with E-state index in [0.29, 0.717) is 16.8 Å². The Bertz CT molecular complexity index is 674. The van der Waals surface area contributed by atoms with Gasteiger partial charge in [0.15, 0.2) is 0 Å². The van der Waals surface area contributed by atoms with Crippen LogP contribution < -0.4 is 0 Å². The molecule has 3 rings (SSSR count). The van der Waals surface area contributed by atoms with Crippen molar-refractivity contribution in [3.63, 3.8) is 0 Å². The normalized spacial score (nSPS) is 19.5. The van der Waals surface area contributed by atoms with Crippen molar-refractivity contribution in [2.75, 3.05) is 6.54 Å². The maximum Gasteiger partial charge on any atom is 0.288 e. The standard InChI is InChI=1S/C17H23N3OS/c1-3-15-6-4-5-11-19(15)12-20-17(22)21-16(18-20)14-9-7-13(2)8-10-14/h7-10,15H,3-6,11-12H2,1-2H3/t15-/m0/s1. The molecule has 1 aliphatic rings. The smallest absolute Gasteiger partial charge is 0.288 e. The van der Waals surface area contributed by atoms with Gasteiger partial charge in [0.1, 0.15) is 0 Å². The molecule has 0 radical (unpaired) electrons. The lowest BCUT2D eigenvalue weighted by atomic mass is 10.0. The van der Waals surface area contributed by atoms with Crippen molar-refractivity contribution >= 4 is 12.2 Å². The number of hydrogen-bond donors (Lipinski definition) is 0. The van der Waals surface area contributed by atoms with Gasteiger partial charge in [-0.2, -0.15) is 0 Å². The molecule has 1 saturated heterocycles. The molecule has 1 aliphatic heterocycles. The molecule has 0 amide bonds. The molecule has 4 nitrogen and oxygen atoms in total. The Kier molecular flexibility index (Phi) is 4.74. The minimum absolute atomic E-state index is 0.455. The third-order valence-corrected chi connectivity index (χ3v) is 4.73. The van der Waals surface area contributed by atoms with Gasteiger partial charge >= 0.3 is 0 Å². The van der Waals surface area contributed by atoms with Crippen LogP contribution in [0.25, 0.3) is 11.5 Å². The second kappa shape index (κ2) is 6.75. The third-order valence-electron chi connectivity index (χ3n) is 4.44. The molecule has 2 heterocycles. The Balaban J connectivity index is 1.80. The van der Waals surface area contributed by atoms with E-state index in [2.05, 4.69) is 36.0 Å². The van der Waals surface area contributed by atoms with Crippen LogP contribution in [-0.4, -0.2) is 27.3 Å². The minimum Gasteiger partial charge on any atom is -0.409 e. The van der Waals surface area contributed by atoms with E-state index in [0.717, 1.165) is 18.8 Å². The van der Waals surface area contributed by atoms with E-state index in [1.807, 2.05) is 16.8 Å². The molecule has 0 spiro atoms. The molecule has 22 heavy (non-hydrogen) atoms. The summed E-state index contributed by atoms with van der Waals surface area (Å²) in [4.78, 5) is 2.93. The summed E-state index contributed by atoms with van der Waals surface area (Å²) in [6.07, 6.45) is 5.03. The van der Waals surface area contributed by atoms with Crippen LogP contribution in [0.1, 0.15) is 38.2 Å². The highest BCUT2D eigenvalue weighted by atomic mass is 32.1. The maximum atomic E-state index is 5.69. The zero-order valence-corrected chi connectivity index (χ0v) is 14.1. The topological polar surface area (TPSA) is 34.2 Å². The SMILES string of the molecule is CC[C@H]1CCCCN1Cn1nc(-c2ccc(C)cc2)oc1=S. The van der Waals surface area contributed by atoms with Crippen molar-refractivity contribution in [2.45, 2.75) is 52.2 Å². The third kappa shape index (κ3) is 3.31.